The highest BCUT2D eigenvalue weighted by molar-refractivity contribution is 7.18. The van der Waals surface area contributed by atoms with E-state index >= 15 is 0 Å². The van der Waals surface area contributed by atoms with Crippen LogP contribution in [0, 0.1) is 0 Å². The minimum Gasteiger partial charge on any atom is -0.366 e. The molecule has 0 radical (unpaired) electrons. The Morgan fingerprint density at radius 3 is 2.70 bits per heavy atom. The van der Waals surface area contributed by atoms with E-state index in [-0.39, 0.29) is 18.1 Å². The lowest BCUT2D eigenvalue weighted by Gasteiger charge is -2.22. The molecule has 0 spiro atoms. The number of hydrogen-bond acceptors (Lipinski definition) is 4. The van der Waals surface area contributed by atoms with Gasteiger partial charge in [-0.25, -0.2) is 4.98 Å². The molecule has 2 rings (SSSR count). The quantitative estimate of drug-likeness (QED) is 0.869. The van der Waals surface area contributed by atoms with Gasteiger partial charge in [0.2, 0.25) is 5.91 Å². The number of carbonyl (C=O) groups is 1. The Morgan fingerprint density at radius 2 is 2.05 bits per heavy atom. The number of aromatic nitrogens is 1. The standard InChI is InChI=1S/C15H20N2O2S/c1-15(2,3)19-10-14(18)17(4)9-13-16-11-7-5-6-8-12(11)20-13/h5-8H,9-10H2,1-4H3. The van der Waals surface area contributed by atoms with Gasteiger partial charge in [0.1, 0.15) is 11.6 Å². The van der Waals surface area contributed by atoms with Crippen LogP contribution in [-0.2, 0) is 16.1 Å². The number of para-hydroxylation sites is 1. The molecule has 5 heteroatoms. The summed E-state index contributed by atoms with van der Waals surface area (Å²) in [7, 11) is 1.78. The van der Waals surface area contributed by atoms with Gasteiger partial charge in [0.15, 0.2) is 0 Å². The summed E-state index contributed by atoms with van der Waals surface area (Å²) in [6.45, 7) is 6.44. The molecule has 0 aliphatic rings. The van der Waals surface area contributed by atoms with Gasteiger partial charge in [-0.05, 0) is 32.9 Å². The molecule has 20 heavy (non-hydrogen) atoms. The molecule has 0 saturated heterocycles. The van der Waals surface area contributed by atoms with Crippen LogP contribution in [0.4, 0.5) is 0 Å². The fourth-order valence-corrected chi connectivity index (χ4v) is 2.69. The molecule has 0 saturated carbocycles. The van der Waals surface area contributed by atoms with Gasteiger partial charge in [0.25, 0.3) is 0 Å². The second-order valence-electron chi connectivity index (χ2n) is 5.73. The van der Waals surface area contributed by atoms with Crippen LogP contribution in [0.3, 0.4) is 0 Å². The van der Waals surface area contributed by atoms with Gasteiger partial charge in [0.05, 0.1) is 22.4 Å². The molecule has 108 valence electrons. The molecule has 0 aliphatic heterocycles. The van der Waals surface area contributed by atoms with E-state index in [4.69, 9.17) is 4.74 Å². The van der Waals surface area contributed by atoms with Crippen molar-refractivity contribution in [1.82, 2.24) is 9.88 Å². The average molecular weight is 292 g/mol. The normalized spacial score (nSPS) is 11.8. The first-order valence-electron chi connectivity index (χ1n) is 6.57. The monoisotopic (exact) mass is 292 g/mol. The minimum atomic E-state index is -0.299. The Hall–Kier alpha value is -1.46. The fourth-order valence-electron chi connectivity index (χ4n) is 1.67. The van der Waals surface area contributed by atoms with Gasteiger partial charge in [-0.15, -0.1) is 11.3 Å². The van der Waals surface area contributed by atoms with Crippen molar-refractivity contribution >= 4 is 27.5 Å². The summed E-state index contributed by atoms with van der Waals surface area (Å²) in [6.07, 6.45) is 0. The second-order valence-corrected chi connectivity index (χ2v) is 6.84. The Labute approximate surface area is 123 Å². The van der Waals surface area contributed by atoms with Crippen molar-refractivity contribution in [3.63, 3.8) is 0 Å². The average Bonchev–Trinajstić information content (AvgIpc) is 2.76. The van der Waals surface area contributed by atoms with E-state index in [1.54, 1.807) is 23.3 Å². The fraction of sp³-hybridized carbons (Fsp3) is 0.467. The number of nitrogens with zero attached hydrogens (tertiary/aromatic N) is 2. The maximum Gasteiger partial charge on any atom is 0.248 e. The highest BCUT2D eigenvalue weighted by Gasteiger charge is 2.16. The molecule has 4 nitrogen and oxygen atoms in total. The number of carbonyl (C=O) groups excluding carboxylic acids is 1. The van der Waals surface area contributed by atoms with Gasteiger partial charge >= 0.3 is 0 Å². The minimum absolute atomic E-state index is 0.0285. The van der Waals surface area contributed by atoms with Gasteiger partial charge in [-0.2, -0.15) is 0 Å². The number of thiazole rings is 1. The van der Waals surface area contributed by atoms with Crippen molar-refractivity contribution in [3.05, 3.63) is 29.3 Å². The summed E-state index contributed by atoms with van der Waals surface area (Å²) >= 11 is 1.62. The third kappa shape index (κ3) is 4.02. The first-order valence-corrected chi connectivity index (χ1v) is 7.39. The van der Waals surface area contributed by atoms with Crippen molar-refractivity contribution in [2.45, 2.75) is 32.9 Å². The number of fused-ring (bicyclic) bond motifs is 1. The predicted molar refractivity (Wildman–Crippen MR) is 81.8 cm³/mol. The number of hydrogen-bond donors (Lipinski definition) is 0. The number of amides is 1. The van der Waals surface area contributed by atoms with E-state index in [1.807, 2.05) is 45.0 Å². The zero-order valence-corrected chi connectivity index (χ0v) is 13.2. The first-order chi connectivity index (χ1) is 9.35. The highest BCUT2D eigenvalue weighted by atomic mass is 32.1. The van der Waals surface area contributed by atoms with Crippen LogP contribution in [0.25, 0.3) is 10.2 Å². The molecule has 0 atom stereocenters. The second kappa shape index (κ2) is 5.89. The molecular formula is C15H20N2O2S. The molecule has 0 fully saturated rings. The van der Waals surface area contributed by atoms with Crippen LogP contribution < -0.4 is 0 Å². The number of likely N-dealkylation sites (N-methyl/N-ethyl adjacent to an activating group) is 1. The van der Waals surface area contributed by atoms with Crippen molar-refractivity contribution in [1.29, 1.82) is 0 Å². The molecular weight excluding hydrogens is 272 g/mol. The third-order valence-corrected chi connectivity index (χ3v) is 3.79. The lowest BCUT2D eigenvalue weighted by Crippen LogP contribution is -2.33. The van der Waals surface area contributed by atoms with Crippen LogP contribution in [-0.4, -0.2) is 35.0 Å². The van der Waals surface area contributed by atoms with Crippen molar-refractivity contribution in [3.8, 4) is 0 Å². The SMILES string of the molecule is CN(Cc1nc2ccccc2s1)C(=O)COC(C)(C)C. The Bertz CT molecular complexity index is 568. The summed E-state index contributed by atoms with van der Waals surface area (Å²) in [5, 5.41) is 0.942. The maximum absolute atomic E-state index is 12.0. The molecule has 1 heterocycles. The van der Waals surface area contributed by atoms with E-state index in [9.17, 15) is 4.79 Å². The smallest absolute Gasteiger partial charge is 0.248 e. The zero-order chi connectivity index (χ0) is 14.8. The summed E-state index contributed by atoms with van der Waals surface area (Å²) in [6, 6.07) is 8.00. The van der Waals surface area contributed by atoms with E-state index in [0.29, 0.717) is 6.54 Å². The van der Waals surface area contributed by atoms with Crippen LogP contribution in [0.15, 0.2) is 24.3 Å². The Morgan fingerprint density at radius 1 is 1.35 bits per heavy atom. The van der Waals surface area contributed by atoms with Gasteiger partial charge in [0, 0.05) is 7.05 Å². The van der Waals surface area contributed by atoms with Crippen LogP contribution in [0.1, 0.15) is 25.8 Å². The Kier molecular flexibility index (Phi) is 4.40. The Balaban J connectivity index is 1.96. The topological polar surface area (TPSA) is 42.4 Å². The van der Waals surface area contributed by atoms with Gasteiger partial charge in [-0.1, -0.05) is 12.1 Å². The summed E-state index contributed by atoms with van der Waals surface area (Å²) in [5.74, 6) is -0.0285. The lowest BCUT2D eigenvalue weighted by atomic mass is 10.2. The molecule has 1 aromatic carbocycles. The lowest BCUT2D eigenvalue weighted by molar-refractivity contribution is -0.140. The van der Waals surface area contributed by atoms with E-state index in [1.165, 1.54) is 0 Å². The zero-order valence-electron chi connectivity index (χ0n) is 12.3. The summed E-state index contributed by atoms with van der Waals surface area (Å²) < 4.78 is 6.65. The number of rotatable bonds is 4. The van der Waals surface area contributed by atoms with Crippen molar-refractivity contribution in [2.75, 3.05) is 13.7 Å². The summed E-state index contributed by atoms with van der Waals surface area (Å²) in [5.41, 5.74) is 0.686. The van der Waals surface area contributed by atoms with Gasteiger partial charge in [-0.3, -0.25) is 4.79 Å². The molecule has 0 N–H and O–H groups in total. The molecule has 2 aromatic rings. The summed E-state index contributed by atoms with van der Waals surface area (Å²) in [4.78, 5) is 18.2. The first kappa shape index (κ1) is 14.9. The molecule has 0 aliphatic carbocycles. The molecule has 1 aromatic heterocycles. The van der Waals surface area contributed by atoms with Crippen molar-refractivity contribution < 1.29 is 9.53 Å². The maximum atomic E-state index is 12.0. The largest absolute Gasteiger partial charge is 0.366 e. The van der Waals surface area contributed by atoms with E-state index in [2.05, 4.69) is 4.98 Å². The molecule has 0 unspecified atom stereocenters. The highest BCUT2D eigenvalue weighted by Crippen LogP contribution is 2.22. The van der Waals surface area contributed by atoms with Crippen LogP contribution in [0.2, 0.25) is 0 Å². The van der Waals surface area contributed by atoms with Crippen LogP contribution >= 0.6 is 11.3 Å². The van der Waals surface area contributed by atoms with E-state index < -0.39 is 0 Å². The molecule has 1 amide bonds. The molecule has 0 bridgehead atoms. The number of ether oxygens (including phenoxy) is 1. The number of benzene rings is 1. The van der Waals surface area contributed by atoms with Gasteiger partial charge < -0.3 is 9.64 Å². The van der Waals surface area contributed by atoms with E-state index in [0.717, 1.165) is 15.2 Å². The van der Waals surface area contributed by atoms with Crippen LogP contribution in [0.5, 0.6) is 0 Å². The third-order valence-electron chi connectivity index (χ3n) is 2.77. The van der Waals surface area contributed by atoms with Crippen molar-refractivity contribution in [2.24, 2.45) is 0 Å². The predicted octanol–water partition coefficient (Wildman–Crippen LogP) is 3.07.